The van der Waals surface area contributed by atoms with Crippen LogP contribution in [0, 0.1) is 5.92 Å². The summed E-state index contributed by atoms with van der Waals surface area (Å²) in [4.78, 5) is 7.03. The number of hydrogen-bond donors (Lipinski definition) is 2. The zero-order valence-corrected chi connectivity index (χ0v) is 16.5. The average Bonchev–Trinajstić information content (AvgIpc) is 2.52. The monoisotopic (exact) mass is 433 g/mol. The maximum absolute atomic E-state index is 9.84. The minimum absolute atomic E-state index is 0. The van der Waals surface area contributed by atoms with Crippen molar-refractivity contribution in [1.82, 2.24) is 10.2 Å². The lowest BCUT2D eigenvalue weighted by Gasteiger charge is -2.33. The Labute approximate surface area is 156 Å². The number of ether oxygens (including phenoxy) is 1. The first-order valence-electron chi connectivity index (χ1n) is 8.03. The molecule has 1 aliphatic rings. The number of phenolic OH excluding ortho intramolecular Hbond substituents is 1. The van der Waals surface area contributed by atoms with Crippen LogP contribution in [-0.2, 0) is 6.54 Å². The van der Waals surface area contributed by atoms with Crippen molar-refractivity contribution >= 4 is 29.9 Å². The number of halogens is 1. The Morgan fingerprint density at radius 2 is 2.09 bits per heavy atom. The van der Waals surface area contributed by atoms with Gasteiger partial charge in [-0.3, -0.25) is 0 Å². The molecule has 2 rings (SSSR count). The highest BCUT2D eigenvalue weighted by atomic mass is 127. The molecular formula is C17H28IN3O2. The van der Waals surface area contributed by atoms with Gasteiger partial charge < -0.3 is 20.1 Å². The second-order valence-corrected chi connectivity index (χ2v) is 5.85. The number of nitrogens with zero attached hydrogens (tertiary/aromatic N) is 2. The molecule has 0 aliphatic carbocycles. The third-order valence-electron chi connectivity index (χ3n) is 4.07. The number of benzene rings is 1. The van der Waals surface area contributed by atoms with Gasteiger partial charge in [-0.25, -0.2) is 4.99 Å². The van der Waals surface area contributed by atoms with Gasteiger partial charge in [0.25, 0.3) is 0 Å². The van der Waals surface area contributed by atoms with Gasteiger partial charge in [-0.15, -0.1) is 24.0 Å². The van der Waals surface area contributed by atoms with Crippen LogP contribution in [0.2, 0.25) is 0 Å². The topological polar surface area (TPSA) is 57.1 Å². The fourth-order valence-electron chi connectivity index (χ4n) is 2.65. The number of methoxy groups -OCH3 is 1. The van der Waals surface area contributed by atoms with Crippen molar-refractivity contribution < 1.29 is 9.84 Å². The van der Waals surface area contributed by atoms with E-state index in [0.29, 0.717) is 12.3 Å². The Morgan fingerprint density at radius 1 is 1.39 bits per heavy atom. The van der Waals surface area contributed by atoms with E-state index in [1.54, 1.807) is 19.2 Å². The van der Waals surface area contributed by atoms with Crippen LogP contribution in [0.5, 0.6) is 11.5 Å². The molecule has 0 spiro atoms. The van der Waals surface area contributed by atoms with Crippen LogP contribution in [0.25, 0.3) is 0 Å². The molecule has 1 saturated heterocycles. The molecule has 1 fully saturated rings. The Hall–Kier alpha value is -1.18. The van der Waals surface area contributed by atoms with Crippen LogP contribution in [0.4, 0.5) is 0 Å². The van der Waals surface area contributed by atoms with Crippen molar-refractivity contribution in [1.29, 1.82) is 0 Å². The third kappa shape index (κ3) is 5.75. The first kappa shape index (κ1) is 19.9. The minimum Gasteiger partial charge on any atom is -0.504 e. The smallest absolute Gasteiger partial charge is 0.194 e. The van der Waals surface area contributed by atoms with Crippen LogP contribution in [0.3, 0.4) is 0 Å². The van der Waals surface area contributed by atoms with Crippen LogP contribution < -0.4 is 10.1 Å². The van der Waals surface area contributed by atoms with Crippen molar-refractivity contribution in [2.75, 3.05) is 26.7 Å². The van der Waals surface area contributed by atoms with Gasteiger partial charge in [-0.1, -0.05) is 13.0 Å². The fraction of sp³-hybridized carbons (Fsp3) is 0.588. The van der Waals surface area contributed by atoms with Crippen LogP contribution >= 0.6 is 24.0 Å². The second-order valence-electron chi connectivity index (χ2n) is 5.85. The molecule has 0 amide bonds. The van der Waals surface area contributed by atoms with Crippen LogP contribution in [-0.4, -0.2) is 42.7 Å². The molecule has 1 heterocycles. The molecule has 0 saturated carbocycles. The summed E-state index contributed by atoms with van der Waals surface area (Å²) >= 11 is 0. The molecule has 1 aromatic carbocycles. The number of phenols is 1. The molecule has 6 heteroatoms. The summed E-state index contributed by atoms with van der Waals surface area (Å²) in [6, 6.07) is 5.42. The van der Waals surface area contributed by atoms with E-state index in [-0.39, 0.29) is 29.7 Å². The summed E-state index contributed by atoms with van der Waals surface area (Å²) in [5, 5.41) is 13.2. The lowest BCUT2D eigenvalue weighted by Crippen LogP contribution is -2.45. The summed E-state index contributed by atoms with van der Waals surface area (Å²) < 4.78 is 5.06. The fourth-order valence-corrected chi connectivity index (χ4v) is 2.65. The quantitative estimate of drug-likeness (QED) is 0.435. The number of aromatic hydroxyl groups is 1. The lowest BCUT2D eigenvalue weighted by atomic mass is 10.00. The van der Waals surface area contributed by atoms with Gasteiger partial charge in [-0.05, 0) is 43.4 Å². The number of guanidine groups is 1. The molecular weight excluding hydrogens is 405 g/mol. The van der Waals surface area contributed by atoms with E-state index in [1.165, 1.54) is 12.8 Å². The molecule has 1 aromatic rings. The molecule has 0 radical (unpaired) electrons. The summed E-state index contributed by atoms with van der Waals surface area (Å²) in [6.45, 7) is 7.91. The molecule has 23 heavy (non-hydrogen) atoms. The number of hydrogen-bond acceptors (Lipinski definition) is 3. The van der Waals surface area contributed by atoms with Gasteiger partial charge in [0.05, 0.1) is 13.7 Å². The van der Waals surface area contributed by atoms with Gasteiger partial charge in [-0.2, -0.15) is 0 Å². The van der Waals surface area contributed by atoms with Crippen molar-refractivity contribution in [2.45, 2.75) is 33.2 Å². The first-order chi connectivity index (χ1) is 10.6. The van der Waals surface area contributed by atoms with Crippen molar-refractivity contribution in [3.8, 4) is 11.5 Å². The van der Waals surface area contributed by atoms with Gasteiger partial charge >= 0.3 is 0 Å². The van der Waals surface area contributed by atoms with Crippen molar-refractivity contribution in [3.05, 3.63) is 23.8 Å². The first-order valence-corrected chi connectivity index (χ1v) is 8.03. The number of likely N-dealkylation sites (tertiary alicyclic amines) is 1. The van der Waals surface area contributed by atoms with E-state index in [2.05, 4.69) is 24.1 Å². The summed E-state index contributed by atoms with van der Waals surface area (Å²) in [5.74, 6) is 2.42. The summed E-state index contributed by atoms with van der Waals surface area (Å²) in [5.41, 5.74) is 0.971. The second kappa shape index (κ2) is 9.85. The highest BCUT2D eigenvalue weighted by Gasteiger charge is 2.18. The van der Waals surface area contributed by atoms with E-state index < -0.39 is 0 Å². The summed E-state index contributed by atoms with van der Waals surface area (Å²) in [7, 11) is 1.55. The molecule has 1 aliphatic heterocycles. The van der Waals surface area contributed by atoms with Crippen LogP contribution in [0.15, 0.2) is 23.2 Å². The normalized spacial score (nSPS) is 16.0. The van der Waals surface area contributed by atoms with E-state index in [1.807, 2.05) is 6.07 Å². The number of nitrogens with one attached hydrogen (secondary N) is 1. The van der Waals surface area contributed by atoms with E-state index >= 15 is 0 Å². The average molecular weight is 433 g/mol. The molecule has 5 nitrogen and oxygen atoms in total. The SMILES string of the molecule is CCNC(=NCc1ccc(OC)c(O)c1)N1CCC(C)CC1.I. The molecule has 0 atom stereocenters. The molecule has 0 unspecified atom stereocenters. The number of rotatable bonds is 4. The van der Waals surface area contributed by atoms with E-state index in [0.717, 1.165) is 37.1 Å². The molecule has 0 aromatic heterocycles. The summed E-state index contributed by atoms with van der Waals surface area (Å²) in [6.07, 6.45) is 2.43. The Morgan fingerprint density at radius 3 is 2.65 bits per heavy atom. The standard InChI is InChI=1S/C17H27N3O2.HI/c1-4-18-17(20-9-7-13(2)8-10-20)19-12-14-5-6-16(22-3)15(21)11-14;/h5-6,11,13,21H,4,7-10,12H2,1-3H3,(H,18,19);1H. The third-order valence-corrected chi connectivity index (χ3v) is 4.07. The predicted molar refractivity (Wildman–Crippen MR) is 105 cm³/mol. The van der Waals surface area contributed by atoms with Gasteiger partial charge in [0, 0.05) is 19.6 Å². The zero-order valence-electron chi connectivity index (χ0n) is 14.2. The Kier molecular flexibility index (Phi) is 8.51. The Bertz CT molecular complexity index is 515. The highest BCUT2D eigenvalue weighted by Crippen LogP contribution is 2.26. The van der Waals surface area contributed by atoms with Gasteiger partial charge in [0.1, 0.15) is 0 Å². The highest BCUT2D eigenvalue weighted by molar-refractivity contribution is 14.0. The van der Waals surface area contributed by atoms with Gasteiger partial charge in [0.2, 0.25) is 0 Å². The molecule has 130 valence electrons. The maximum atomic E-state index is 9.84. The van der Waals surface area contributed by atoms with Crippen molar-refractivity contribution in [2.24, 2.45) is 10.9 Å². The van der Waals surface area contributed by atoms with E-state index in [4.69, 9.17) is 9.73 Å². The number of piperidine rings is 1. The number of aliphatic imine (C=N–C) groups is 1. The zero-order chi connectivity index (χ0) is 15.9. The lowest BCUT2D eigenvalue weighted by molar-refractivity contribution is 0.273. The molecule has 0 bridgehead atoms. The van der Waals surface area contributed by atoms with Crippen LogP contribution in [0.1, 0.15) is 32.3 Å². The minimum atomic E-state index is 0. The van der Waals surface area contributed by atoms with E-state index in [9.17, 15) is 5.11 Å². The predicted octanol–water partition coefficient (Wildman–Crippen LogP) is 3.22. The largest absolute Gasteiger partial charge is 0.504 e. The van der Waals surface area contributed by atoms with Gasteiger partial charge in [0.15, 0.2) is 17.5 Å². The molecule has 2 N–H and O–H groups in total. The maximum Gasteiger partial charge on any atom is 0.194 e. The van der Waals surface area contributed by atoms with Crippen molar-refractivity contribution in [3.63, 3.8) is 0 Å². The Balaban J connectivity index is 0.00000264.